The Labute approximate surface area is 170 Å². The largest absolute Gasteiger partial charge is 0.379 e. The lowest BCUT2D eigenvalue weighted by atomic mass is 10.2. The molecule has 1 aromatic carbocycles. The maximum absolute atomic E-state index is 11.7. The summed E-state index contributed by atoms with van der Waals surface area (Å²) in [6, 6.07) is 4.09. The van der Waals surface area contributed by atoms with Crippen molar-refractivity contribution >= 4 is 47.5 Å². The van der Waals surface area contributed by atoms with E-state index < -0.39 is 28.0 Å². The van der Waals surface area contributed by atoms with Crippen molar-refractivity contribution in [3.05, 3.63) is 38.8 Å². The number of nitrogens with one attached hydrogen (secondary N) is 1. The maximum Gasteiger partial charge on any atom is 0.333 e. The Morgan fingerprint density at radius 1 is 1.41 bits per heavy atom. The summed E-state index contributed by atoms with van der Waals surface area (Å²) in [4.78, 5) is 52.8. The molecule has 13 heteroatoms. The van der Waals surface area contributed by atoms with Crippen LogP contribution in [0.25, 0.3) is 10.4 Å². The normalized spacial score (nSPS) is 15.8. The molecule has 1 aromatic rings. The molecule has 0 aliphatic carbocycles. The number of carbonyl (C=O) groups excluding carboxylic acids is 3. The van der Waals surface area contributed by atoms with Crippen molar-refractivity contribution in [3.63, 3.8) is 0 Å². The number of thiol groups is 1. The predicted octanol–water partition coefficient (Wildman–Crippen LogP) is 3.02. The molecule has 0 bridgehead atoms. The van der Waals surface area contributed by atoms with E-state index in [0.29, 0.717) is 36.6 Å². The Hall–Kier alpha value is -3.31. The summed E-state index contributed by atoms with van der Waals surface area (Å²) >= 11 is 3.93. The first kappa shape index (κ1) is 22.0. The summed E-state index contributed by atoms with van der Waals surface area (Å²) in [5, 5.41) is 17.1. The van der Waals surface area contributed by atoms with Gasteiger partial charge in [0.1, 0.15) is 5.69 Å². The zero-order valence-corrected chi connectivity index (χ0v) is 16.1. The van der Waals surface area contributed by atoms with Gasteiger partial charge in [-0.1, -0.05) is 17.6 Å². The average molecular weight is 422 g/mol. The van der Waals surface area contributed by atoms with E-state index in [-0.39, 0.29) is 24.2 Å². The van der Waals surface area contributed by atoms with E-state index in [1.54, 1.807) is 0 Å². The molecule has 2 rings (SSSR count). The van der Waals surface area contributed by atoms with Gasteiger partial charge in [-0.25, -0.2) is 4.79 Å². The van der Waals surface area contributed by atoms with Crippen molar-refractivity contribution in [3.8, 4) is 0 Å². The van der Waals surface area contributed by atoms with Gasteiger partial charge < -0.3 is 10.2 Å². The van der Waals surface area contributed by atoms with Gasteiger partial charge in [0, 0.05) is 29.6 Å². The molecule has 1 aliphatic rings. The molecule has 1 aliphatic heterocycles. The number of rotatable bonds is 10. The number of hydroxylamine groups is 2. The highest BCUT2D eigenvalue weighted by Crippen LogP contribution is 2.29. The number of hydrogen-bond donors (Lipinski definition) is 2. The number of unbranched alkanes of at least 4 members (excludes halogenated alkanes) is 2. The molecule has 2 amide bonds. The standard InChI is InChI=1S/C16H18N6O6S/c17-20-19-10-5-6-11(12(8-10)22(26)27)18-7-3-1-2-4-15(24)28-21-14(23)9-13(29)16(21)25/h5-6,8,13,18,29H,1-4,7,9H2. The quantitative estimate of drug-likeness (QED) is 0.0853. The minimum atomic E-state index is -0.786. The average Bonchev–Trinajstić information content (AvgIpc) is 2.91. The molecule has 29 heavy (non-hydrogen) atoms. The summed E-state index contributed by atoms with van der Waals surface area (Å²) < 4.78 is 0. The molecule has 1 N–H and O–H groups in total. The number of nitro benzene ring substituents is 1. The van der Waals surface area contributed by atoms with Crippen molar-refractivity contribution in [2.75, 3.05) is 11.9 Å². The molecule has 12 nitrogen and oxygen atoms in total. The molecule has 154 valence electrons. The molecule has 1 saturated heterocycles. The summed E-state index contributed by atoms with van der Waals surface area (Å²) in [5.41, 5.74) is 8.62. The third-order valence-electron chi connectivity index (χ3n) is 3.98. The van der Waals surface area contributed by atoms with Crippen LogP contribution in [0.1, 0.15) is 32.1 Å². The minimum Gasteiger partial charge on any atom is -0.379 e. The van der Waals surface area contributed by atoms with Crippen LogP contribution in [0.3, 0.4) is 0 Å². The van der Waals surface area contributed by atoms with E-state index in [9.17, 15) is 24.5 Å². The van der Waals surface area contributed by atoms with Crippen LogP contribution in [0.2, 0.25) is 0 Å². The molecular weight excluding hydrogens is 404 g/mol. The van der Waals surface area contributed by atoms with Crippen LogP contribution in [0.4, 0.5) is 17.1 Å². The fourth-order valence-electron chi connectivity index (χ4n) is 2.57. The van der Waals surface area contributed by atoms with Crippen molar-refractivity contribution in [2.45, 2.75) is 37.4 Å². The Bertz CT molecular complexity index is 871. The number of benzene rings is 1. The fraction of sp³-hybridized carbons (Fsp3) is 0.438. The van der Waals surface area contributed by atoms with E-state index in [2.05, 4.69) is 28.0 Å². The van der Waals surface area contributed by atoms with Crippen LogP contribution in [0.5, 0.6) is 0 Å². The Kier molecular flexibility index (Phi) is 7.80. The topological polar surface area (TPSA) is 168 Å². The zero-order chi connectivity index (χ0) is 21.4. The van der Waals surface area contributed by atoms with Crippen molar-refractivity contribution in [1.29, 1.82) is 0 Å². The van der Waals surface area contributed by atoms with Crippen molar-refractivity contribution in [2.24, 2.45) is 5.11 Å². The highest BCUT2D eigenvalue weighted by molar-refractivity contribution is 7.81. The first-order chi connectivity index (χ1) is 13.8. The molecule has 1 unspecified atom stereocenters. The molecule has 0 radical (unpaired) electrons. The van der Waals surface area contributed by atoms with Gasteiger partial charge in [0.2, 0.25) is 0 Å². The van der Waals surface area contributed by atoms with Crippen molar-refractivity contribution < 1.29 is 24.1 Å². The predicted molar refractivity (Wildman–Crippen MR) is 104 cm³/mol. The minimum absolute atomic E-state index is 0.0231. The number of azide groups is 1. The van der Waals surface area contributed by atoms with Gasteiger partial charge >= 0.3 is 5.97 Å². The molecule has 1 atom stereocenters. The Morgan fingerprint density at radius 2 is 2.17 bits per heavy atom. The van der Waals surface area contributed by atoms with Crippen LogP contribution in [0.15, 0.2) is 23.3 Å². The molecule has 1 fully saturated rings. The smallest absolute Gasteiger partial charge is 0.333 e. The van der Waals surface area contributed by atoms with Gasteiger partial charge in [-0.15, -0.1) is 5.06 Å². The summed E-state index contributed by atoms with van der Waals surface area (Å²) in [7, 11) is 0. The lowest BCUT2D eigenvalue weighted by molar-refractivity contribution is -0.383. The summed E-state index contributed by atoms with van der Waals surface area (Å²) in [5.74, 6) is -1.93. The van der Waals surface area contributed by atoms with Gasteiger partial charge in [0.25, 0.3) is 17.5 Å². The molecular formula is C16H18N6O6S. The second-order valence-electron chi connectivity index (χ2n) is 6.10. The van der Waals surface area contributed by atoms with Crippen LogP contribution < -0.4 is 5.32 Å². The van der Waals surface area contributed by atoms with E-state index >= 15 is 0 Å². The van der Waals surface area contributed by atoms with Crippen LogP contribution in [-0.4, -0.2) is 39.6 Å². The van der Waals surface area contributed by atoms with E-state index in [1.807, 2.05) is 0 Å². The van der Waals surface area contributed by atoms with Gasteiger partial charge in [0.05, 0.1) is 16.6 Å². The summed E-state index contributed by atoms with van der Waals surface area (Å²) in [6.45, 7) is 0.418. The third-order valence-corrected chi connectivity index (χ3v) is 4.39. The second-order valence-corrected chi connectivity index (χ2v) is 6.72. The van der Waals surface area contributed by atoms with Crippen LogP contribution >= 0.6 is 12.6 Å². The van der Waals surface area contributed by atoms with Gasteiger partial charge in [-0.3, -0.25) is 19.7 Å². The van der Waals surface area contributed by atoms with Crippen LogP contribution in [-0.2, 0) is 19.2 Å². The number of anilines is 1. The second kappa shape index (κ2) is 10.3. The highest BCUT2D eigenvalue weighted by Gasteiger charge is 2.39. The highest BCUT2D eigenvalue weighted by atomic mass is 32.1. The lowest BCUT2D eigenvalue weighted by Crippen LogP contribution is -2.33. The summed E-state index contributed by atoms with van der Waals surface area (Å²) in [6.07, 6.45) is 1.61. The van der Waals surface area contributed by atoms with Crippen molar-refractivity contribution in [1.82, 2.24) is 5.06 Å². The molecule has 0 aromatic heterocycles. The number of nitro groups is 1. The molecule has 0 spiro atoms. The van der Waals surface area contributed by atoms with Gasteiger partial charge in [-0.2, -0.15) is 12.6 Å². The van der Waals surface area contributed by atoms with Gasteiger partial charge in [0.15, 0.2) is 0 Å². The first-order valence-corrected chi connectivity index (χ1v) is 9.18. The number of imide groups is 1. The van der Waals surface area contributed by atoms with E-state index in [4.69, 9.17) is 10.4 Å². The first-order valence-electron chi connectivity index (χ1n) is 8.66. The Balaban J connectivity index is 1.71. The number of amides is 2. The van der Waals surface area contributed by atoms with E-state index in [1.165, 1.54) is 18.2 Å². The third kappa shape index (κ3) is 6.09. The number of nitrogens with zero attached hydrogens (tertiary/aromatic N) is 5. The molecule has 1 heterocycles. The fourth-order valence-corrected chi connectivity index (χ4v) is 2.83. The number of carbonyl (C=O) groups is 3. The van der Waals surface area contributed by atoms with E-state index in [0.717, 1.165) is 0 Å². The Morgan fingerprint density at radius 3 is 2.79 bits per heavy atom. The monoisotopic (exact) mass is 422 g/mol. The number of hydrogen-bond acceptors (Lipinski definition) is 9. The maximum atomic E-state index is 11.7. The molecule has 0 saturated carbocycles. The zero-order valence-electron chi connectivity index (χ0n) is 15.2. The SMILES string of the molecule is [N-]=[N+]=Nc1ccc(NCCCCCC(=O)ON2C(=O)CC(S)C2=O)c([N+](=O)[O-])c1. The van der Waals surface area contributed by atoms with Gasteiger partial charge in [-0.05, 0) is 24.4 Å². The van der Waals surface area contributed by atoms with Crippen LogP contribution in [0, 0.1) is 10.1 Å². The lowest BCUT2D eigenvalue weighted by Gasteiger charge is -2.12.